The standard InChI is InChI=1S/C14H16O3/c1-14(2)7-6-10-8-13(16-3)11(9-15)4-5-12(10)17-14/h4-7,9H,8H2,1-3H3. The first-order valence-corrected chi connectivity index (χ1v) is 5.57. The van der Waals surface area contributed by atoms with Gasteiger partial charge in [-0.1, -0.05) is 6.08 Å². The third-order valence-corrected chi connectivity index (χ3v) is 2.84. The highest BCUT2D eigenvalue weighted by atomic mass is 16.5. The average Bonchev–Trinajstić information content (AvgIpc) is 2.46. The lowest BCUT2D eigenvalue weighted by Gasteiger charge is -2.28. The number of methoxy groups -OCH3 is 1. The Hall–Kier alpha value is -1.77. The van der Waals surface area contributed by atoms with Gasteiger partial charge in [0.2, 0.25) is 0 Å². The maximum atomic E-state index is 10.9. The maximum absolute atomic E-state index is 10.9. The van der Waals surface area contributed by atoms with Gasteiger partial charge in [0.05, 0.1) is 12.7 Å². The molecular weight excluding hydrogens is 216 g/mol. The van der Waals surface area contributed by atoms with Gasteiger partial charge in [-0.3, -0.25) is 4.79 Å². The monoisotopic (exact) mass is 232 g/mol. The lowest BCUT2D eigenvalue weighted by molar-refractivity contribution is -0.104. The zero-order chi connectivity index (χ0) is 12.5. The van der Waals surface area contributed by atoms with Crippen molar-refractivity contribution >= 4 is 6.29 Å². The van der Waals surface area contributed by atoms with Gasteiger partial charge in [0.25, 0.3) is 0 Å². The van der Waals surface area contributed by atoms with Crippen molar-refractivity contribution in [2.45, 2.75) is 25.9 Å². The molecule has 0 bridgehead atoms. The van der Waals surface area contributed by atoms with Crippen LogP contribution in [0.25, 0.3) is 0 Å². The van der Waals surface area contributed by atoms with Crippen molar-refractivity contribution in [1.82, 2.24) is 0 Å². The van der Waals surface area contributed by atoms with Crippen LogP contribution in [0.4, 0.5) is 0 Å². The smallest absolute Gasteiger partial charge is 0.153 e. The van der Waals surface area contributed by atoms with Crippen LogP contribution in [0.3, 0.4) is 0 Å². The molecule has 90 valence electrons. The molecule has 1 aliphatic heterocycles. The number of hydrogen-bond acceptors (Lipinski definition) is 3. The first-order chi connectivity index (χ1) is 8.05. The fourth-order valence-electron chi connectivity index (χ4n) is 1.88. The Morgan fingerprint density at radius 2 is 2.12 bits per heavy atom. The molecule has 1 heterocycles. The van der Waals surface area contributed by atoms with Crippen molar-refractivity contribution in [1.29, 1.82) is 0 Å². The third-order valence-electron chi connectivity index (χ3n) is 2.84. The van der Waals surface area contributed by atoms with Gasteiger partial charge in [0.15, 0.2) is 6.29 Å². The van der Waals surface area contributed by atoms with E-state index in [2.05, 4.69) is 0 Å². The van der Waals surface area contributed by atoms with Crippen molar-refractivity contribution in [2.75, 3.05) is 7.11 Å². The van der Waals surface area contributed by atoms with E-state index in [1.54, 1.807) is 13.2 Å². The SMILES string of the molecule is COC1=C(C=O)C=CC2=C(C=CC(C)(C)O2)C1. The minimum absolute atomic E-state index is 0.303. The molecule has 0 aromatic carbocycles. The van der Waals surface area contributed by atoms with E-state index in [1.165, 1.54) is 0 Å². The summed E-state index contributed by atoms with van der Waals surface area (Å²) in [5, 5.41) is 0. The topological polar surface area (TPSA) is 35.5 Å². The molecule has 0 saturated heterocycles. The second-order valence-electron chi connectivity index (χ2n) is 4.64. The summed E-state index contributed by atoms with van der Waals surface area (Å²) >= 11 is 0. The highest BCUT2D eigenvalue weighted by Gasteiger charge is 2.24. The van der Waals surface area contributed by atoms with E-state index in [4.69, 9.17) is 9.47 Å². The number of ether oxygens (including phenoxy) is 2. The van der Waals surface area contributed by atoms with Crippen LogP contribution in [0.2, 0.25) is 0 Å². The van der Waals surface area contributed by atoms with Crippen molar-refractivity contribution in [3.05, 3.63) is 47.0 Å². The molecule has 0 atom stereocenters. The Balaban J connectivity index is 2.37. The summed E-state index contributed by atoms with van der Waals surface area (Å²) in [5.41, 5.74) is 1.30. The lowest BCUT2D eigenvalue weighted by atomic mass is 10.0. The van der Waals surface area contributed by atoms with Gasteiger partial charge in [-0.15, -0.1) is 0 Å². The molecule has 0 spiro atoms. The van der Waals surface area contributed by atoms with E-state index < -0.39 is 0 Å². The molecule has 0 unspecified atom stereocenters. The molecule has 3 heteroatoms. The van der Waals surface area contributed by atoms with Gasteiger partial charge in [-0.25, -0.2) is 0 Å². The summed E-state index contributed by atoms with van der Waals surface area (Å²) in [6.07, 6.45) is 9.01. The van der Waals surface area contributed by atoms with Crippen molar-refractivity contribution in [3.8, 4) is 0 Å². The summed E-state index contributed by atoms with van der Waals surface area (Å²) < 4.78 is 11.1. The van der Waals surface area contributed by atoms with Crippen LogP contribution in [0, 0.1) is 0 Å². The lowest BCUT2D eigenvalue weighted by Crippen LogP contribution is -2.23. The summed E-state index contributed by atoms with van der Waals surface area (Å²) in [7, 11) is 1.58. The summed E-state index contributed by atoms with van der Waals surface area (Å²) in [4.78, 5) is 10.9. The molecule has 1 aliphatic carbocycles. The fourth-order valence-corrected chi connectivity index (χ4v) is 1.88. The van der Waals surface area contributed by atoms with Crippen molar-refractivity contribution < 1.29 is 14.3 Å². The predicted molar refractivity (Wildman–Crippen MR) is 65.2 cm³/mol. The van der Waals surface area contributed by atoms with Crippen molar-refractivity contribution in [2.24, 2.45) is 0 Å². The van der Waals surface area contributed by atoms with E-state index in [0.29, 0.717) is 17.8 Å². The van der Waals surface area contributed by atoms with E-state index in [1.807, 2.05) is 32.1 Å². The van der Waals surface area contributed by atoms with Crippen LogP contribution in [0.15, 0.2) is 47.0 Å². The molecule has 0 N–H and O–H groups in total. The molecule has 0 aromatic rings. The van der Waals surface area contributed by atoms with E-state index in [-0.39, 0.29) is 5.60 Å². The van der Waals surface area contributed by atoms with E-state index in [0.717, 1.165) is 17.6 Å². The van der Waals surface area contributed by atoms with Crippen LogP contribution in [0.1, 0.15) is 20.3 Å². The molecule has 2 aliphatic rings. The quantitative estimate of drug-likeness (QED) is 0.687. The van der Waals surface area contributed by atoms with Gasteiger partial charge in [-0.2, -0.15) is 0 Å². The number of aldehydes is 1. The highest BCUT2D eigenvalue weighted by Crippen LogP contribution is 2.32. The van der Waals surface area contributed by atoms with E-state index >= 15 is 0 Å². The molecule has 0 amide bonds. The zero-order valence-corrected chi connectivity index (χ0v) is 10.3. The molecule has 0 fully saturated rings. The Morgan fingerprint density at radius 1 is 1.35 bits per heavy atom. The third kappa shape index (κ3) is 2.33. The van der Waals surface area contributed by atoms with Crippen LogP contribution in [0.5, 0.6) is 0 Å². The van der Waals surface area contributed by atoms with Gasteiger partial charge < -0.3 is 9.47 Å². The Morgan fingerprint density at radius 3 is 2.76 bits per heavy atom. The predicted octanol–water partition coefficient (Wildman–Crippen LogP) is 2.66. The second-order valence-corrected chi connectivity index (χ2v) is 4.64. The first-order valence-electron chi connectivity index (χ1n) is 5.57. The van der Waals surface area contributed by atoms with Crippen LogP contribution in [-0.2, 0) is 14.3 Å². The Kier molecular flexibility index (Phi) is 2.92. The number of allylic oxidation sites excluding steroid dienone is 5. The number of carbonyl (C=O) groups excluding carboxylic acids is 1. The number of hydrogen-bond donors (Lipinski definition) is 0. The van der Waals surface area contributed by atoms with Crippen LogP contribution in [-0.4, -0.2) is 19.0 Å². The van der Waals surface area contributed by atoms with Crippen LogP contribution >= 0.6 is 0 Å². The van der Waals surface area contributed by atoms with Gasteiger partial charge in [0.1, 0.15) is 17.1 Å². The minimum Gasteiger partial charge on any atom is -0.500 e. The Labute approximate surface area is 101 Å². The number of rotatable bonds is 2. The molecule has 2 rings (SSSR count). The molecule has 0 saturated carbocycles. The van der Waals surface area contributed by atoms with Crippen LogP contribution < -0.4 is 0 Å². The fraction of sp³-hybridized carbons (Fsp3) is 0.357. The zero-order valence-electron chi connectivity index (χ0n) is 10.3. The first kappa shape index (κ1) is 11.7. The molecule has 3 nitrogen and oxygen atoms in total. The van der Waals surface area contributed by atoms with Gasteiger partial charge in [0, 0.05) is 12.0 Å². The van der Waals surface area contributed by atoms with Gasteiger partial charge in [-0.05, 0) is 32.1 Å². The second kappa shape index (κ2) is 4.24. The molecule has 17 heavy (non-hydrogen) atoms. The normalized spacial score (nSPS) is 21.8. The van der Waals surface area contributed by atoms with Crippen molar-refractivity contribution in [3.63, 3.8) is 0 Å². The highest BCUT2D eigenvalue weighted by molar-refractivity contribution is 5.79. The molecular formula is C14H16O3. The van der Waals surface area contributed by atoms with Gasteiger partial charge >= 0.3 is 0 Å². The molecule has 0 radical (unpaired) electrons. The summed E-state index contributed by atoms with van der Waals surface area (Å²) in [5.74, 6) is 1.48. The summed E-state index contributed by atoms with van der Waals surface area (Å²) in [6, 6.07) is 0. The molecule has 0 aromatic heterocycles. The van der Waals surface area contributed by atoms with E-state index in [9.17, 15) is 4.79 Å². The summed E-state index contributed by atoms with van der Waals surface area (Å²) in [6.45, 7) is 3.99. The largest absolute Gasteiger partial charge is 0.500 e. The average molecular weight is 232 g/mol. The number of carbonyl (C=O) groups is 1. The maximum Gasteiger partial charge on any atom is 0.153 e. The minimum atomic E-state index is -0.303. The Bertz CT molecular complexity index is 462.